The van der Waals surface area contributed by atoms with Gasteiger partial charge in [0.05, 0.1) is 17.0 Å². The van der Waals surface area contributed by atoms with Gasteiger partial charge in [-0.15, -0.1) is 6.58 Å². The zero-order valence-electron chi connectivity index (χ0n) is 21.6. The van der Waals surface area contributed by atoms with Gasteiger partial charge in [-0.2, -0.15) is 0 Å². The Labute approximate surface area is 222 Å². The first-order chi connectivity index (χ1) is 18.3. The fourth-order valence-corrected chi connectivity index (χ4v) is 7.70. The molecule has 0 radical (unpaired) electrons. The summed E-state index contributed by atoms with van der Waals surface area (Å²) in [5.41, 5.74) is 2.76. The van der Waals surface area contributed by atoms with Crippen molar-refractivity contribution in [1.29, 1.82) is 0 Å². The number of phenolic OH excluding ortho intramolecular Hbond substituents is 1. The van der Waals surface area contributed by atoms with Crippen molar-refractivity contribution in [3.05, 3.63) is 75.4 Å². The van der Waals surface area contributed by atoms with Crippen molar-refractivity contribution < 1.29 is 19.6 Å². The molecule has 2 heterocycles. The highest BCUT2D eigenvalue weighted by Gasteiger charge is 2.67. The normalized spacial score (nSPS) is 28.4. The first-order valence-electron chi connectivity index (χ1n) is 13.2. The molecule has 1 spiro atoms. The monoisotopic (exact) mass is 513 g/mol. The summed E-state index contributed by atoms with van der Waals surface area (Å²) in [7, 11) is 1.76. The van der Waals surface area contributed by atoms with Gasteiger partial charge in [0.25, 0.3) is 11.6 Å². The lowest BCUT2D eigenvalue weighted by atomic mass is 9.50. The minimum Gasteiger partial charge on any atom is -0.504 e. The fourth-order valence-electron chi connectivity index (χ4n) is 7.70. The van der Waals surface area contributed by atoms with Crippen LogP contribution in [-0.4, -0.2) is 64.1 Å². The maximum absolute atomic E-state index is 13.3. The molecule has 1 saturated heterocycles. The van der Waals surface area contributed by atoms with Crippen LogP contribution in [0.2, 0.25) is 0 Å². The highest BCUT2D eigenvalue weighted by atomic mass is 16.6. The summed E-state index contributed by atoms with van der Waals surface area (Å²) < 4.78 is 6.55. The lowest BCUT2D eigenvalue weighted by molar-refractivity contribution is -0.385. The molecule has 2 aromatic carbocycles. The van der Waals surface area contributed by atoms with Crippen LogP contribution in [0.15, 0.2) is 43.0 Å². The summed E-state index contributed by atoms with van der Waals surface area (Å²) in [5.74, 6) is 5.85. The Morgan fingerprint density at radius 1 is 1.39 bits per heavy atom. The van der Waals surface area contributed by atoms with E-state index in [4.69, 9.17) is 4.74 Å². The third kappa shape index (κ3) is 3.45. The number of ether oxygens (including phenoxy) is 1. The second-order valence-electron chi connectivity index (χ2n) is 11.0. The molecular weight excluding hydrogens is 482 g/mol. The maximum atomic E-state index is 13.3. The van der Waals surface area contributed by atoms with Gasteiger partial charge in [-0.1, -0.05) is 24.1 Å². The summed E-state index contributed by atoms with van der Waals surface area (Å²) in [6, 6.07) is 8.79. The van der Waals surface area contributed by atoms with Gasteiger partial charge < -0.3 is 14.7 Å². The fraction of sp³-hybridized carbons (Fsp3) is 0.433. The second-order valence-corrected chi connectivity index (χ2v) is 11.0. The van der Waals surface area contributed by atoms with Crippen LogP contribution in [-0.2, 0) is 16.6 Å². The zero-order chi connectivity index (χ0) is 26.8. The molecule has 2 aliphatic carbocycles. The van der Waals surface area contributed by atoms with E-state index in [0.717, 1.165) is 42.5 Å². The van der Waals surface area contributed by atoms with Crippen LogP contribution in [0.1, 0.15) is 41.5 Å². The van der Waals surface area contributed by atoms with Gasteiger partial charge in [0.1, 0.15) is 6.10 Å². The molecule has 0 aromatic heterocycles. The number of phenols is 1. The van der Waals surface area contributed by atoms with Gasteiger partial charge in [-0.25, -0.2) is 0 Å². The zero-order valence-corrected chi connectivity index (χ0v) is 21.6. The number of carbonyl (C=O) groups is 1. The van der Waals surface area contributed by atoms with Crippen LogP contribution in [0, 0.1) is 34.8 Å². The van der Waals surface area contributed by atoms with E-state index >= 15 is 0 Å². The number of likely N-dealkylation sites (N-methyl/N-ethyl adjacent to an activating group) is 1. The molecule has 5 atom stereocenters. The average Bonchev–Trinajstić information content (AvgIpc) is 3.24. The summed E-state index contributed by atoms with van der Waals surface area (Å²) in [5, 5.41) is 22.9. The number of carbonyl (C=O) groups excluding carboxylic acids is 1. The van der Waals surface area contributed by atoms with E-state index in [-0.39, 0.29) is 35.3 Å². The van der Waals surface area contributed by atoms with Gasteiger partial charge in [0.15, 0.2) is 11.5 Å². The van der Waals surface area contributed by atoms with Crippen LogP contribution in [0.3, 0.4) is 0 Å². The van der Waals surface area contributed by atoms with Crippen molar-refractivity contribution >= 4 is 11.6 Å². The summed E-state index contributed by atoms with van der Waals surface area (Å²) in [4.78, 5) is 29.0. The summed E-state index contributed by atoms with van der Waals surface area (Å²) >= 11 is 0. The minimum atomic E-state index is -0.504. The summed E-state index contributed by atoms with van der Waals surface area (Å²) in [6.45, 7) is 7.42. The van der Waals surface area contributed by atoms with Crippen molar-refractivity contribution in [2.24, 2.45) is 5.92 Å². The largest absolute Gasteiger partial charge is 0.504 e. The van der Waals surface area contributed by atoms with Gasteiger partial charge in [0.2, 0.25) is 0 Å². The first kappa shape index (κ1) is 24.5. The van der Waals surface area contributed by atoms with Crippen LogP contribution in [0.25, 0.3) is 0 Å². The number of nitro groups is 1. The number of hydrogen-bond acceptors (Lipinski definition) is 6. The molecule has 6 rings (SSSR count). The van der Waals surface area contributed by atoms with E-state index in [0.29, 0.717) is 24.3 Å². The molecule has 38 heavy (non-hydrogen) atoms. The highest BCUT2D eigenvalue weighted by molar-refractivity contribution is 5.94. The molecule has 4 aliphatic rings. The molecule has 2 fully saturated rings. The van der Waals surface area contributed by atoms with E-state index in [1.165, 1.54) is 6.07 Å². The molecule has 2 aromatic rings. The highest BCUT2D eigenvalue weighted by Crippen LogP contribution is 2.65. The lowest BCUT2D eigenvalue weighted by Crippen LogP contribution is -2.68. The first-order valence-corrected chi connectivity index (χ1v) is 13.2. The molecule has 8 heteroatoms. The standard InChI is InChI=1S/C30H31N3O5/c1-4-13-32-14-12-30-21-9-10-22(31(3)26(35)11-8-19-7-5-6-18(2)15-19)29(30)38-28-25(34)17-23(33(36)37)20(27(28)30)16-24(21)32/h4-7,15,17,21-22,24,29,34H,1,9-10,12-14,16H2,2-3H3/t21-,22-,24+,29-,30-/m0/s1. The van der Waals surface area contributed by atoms with Gasteiger partial charge in [-0.05, 0) is 62.8 Å². The number of nitro benzene ring substituents is 1. The number of benzene rings is 2. The van der Waals surface area contributed by atoms with E-state index in [2.05, 4.69) is 23.3 Å². The van der Waals surface area contributed by atoms with Crippen molar-refractivity contribution in [3.8, 4) is 23.3 Å². The Balaban J connectivity index is 1.41. The number of piperidine rings is 1. The Bertz CT molecular complexity index is 1420. The SMILES string of the molecule is C=CCN1CC[C@]23c4c5c([N+](=O)[O-])cc(O)c4O[C@H]2[C@@H](N(C)C(=O)C#Cc2cccc(C)c2)CC[C@H]3[C@H]1C5. The lowest BCUT2D eigenvalue weighted by Gasteiger charge is -2.60. The van der Waals surface area contributed by atoms with Gasteiger partial charge >= 0.3 is 0 Å². The van der Waals surface area contributed by atoms with E-state index < -0.39 is 16.4 Å². The molecule has 0 unspecified atom stereocenters. The predicted octanol–water partition coefficient (Wildman–Crippen LogP) is 3.71. The topological polar surface area (TPSA) is 96.2 Å². The molecule has 1 N–H and O–H groups in total. The van der Waals surface area contributed by atoms with Crippen LogP contribution < -0.4 is 4.74 Å². The molecule has 196 valence electrons. The Morgan fingerprint density at radius 2 is 2.21 bits per heavy atom. The van der Waals surface area contributed by atoms with Crippen LogP contribution in [0.5, 0.6) is 11.5 Å². The molecule has 1 amide bonds. The number of aromatic hydroxyl groups is 1. The Morgan fingerprint density at radius 3 is 2.95 bits per heavy atom. The maximum Gasteiger partial charge on any atom is 0.298 e. The minimum absolute atomic E-state index is 0.0515. The van der Waals surface area contributed by atoms with E-state index in [9.17, 15) is 20.0 Å². The van der Waals surface area contributed by atoms with Crippen molar-refractivity contribution in [2.45, 2.75) is 56.2 Å². The van der Waals surface area contributed by atoms with Crippen molar-refractivity contribution in [3.63, 3.8) is 0 Å². The predicted molar refractivity (Wildman–Crippen MR) is 142 cm³/mol. The molecule has 2 bridgehead atoms. The number of hydrogen-bond donors (Lipinski definition) is 1. The van der Waals surface area contributed by atoms with E-state index in [1.54, 1.807) is 11.9 Å². The molecular formula is C30H31N3O5. The van der Waals surface area contributed by atoms with Crippen LogP contribution in [0.4, 0.5) is 5.69 Å². The Hall–Kier alpha value is -3.83. The van der Waals surface area contributed by atoms with Gasteiger partial charge in [-0.3, -0.25) is 19.8 Å². The number of nitrogens with zero attached hydrogens (tertiary/aromatic N) is 3. The van der Waals surface area contributed by atoms with Crippen molar-refractivity contribution in [2.75, 3.05) is 20.1 Å². The quantitative estimate of drug-likeness (QED) is 0.290. The molecule has 8 nitrogen and oxygen atoms in total. The van der Waals surface area contributed by atoms with Gasteiger partial charge in [0, 0.05) is 47.7 Å². The second kappa shape index (κ2) is 8.88. The average molecular weight is 514 g/mol. The Kier molecular flexibility index (Phi) is 5.73. The van der Waals surface area contributed by atoms with Crippen LogP contribution >= 0.6 is 0 Å². The number of amides is 1. The molecule has 1 saturated carbocycles. The summed E-state index contributed by atoms with van der Waals surface area (Å²) in [6.07, 6.45) is 4.34. The third-order valence-corrected chi connectivity index (χ3v) is 9.22. The third-order valence-electron chi connectivity index (χ3n) is 9.22. The number of rotatable bonds is 4. The van der Waals surface area contributed by atoms with Crippen molar-refractivity contribution in [1.82, 2.24) is 9.80 Å². The van der Waals surface area contributed by atoms with E-state index in [1.807, 2.05) is 37.3 Å². The smallest absolute Gasteiger partial charge is 0.298 e. The number of aryl methyl sites for hydroxylation is 1. The molecule has 2 aliphatic heterocycles. The number of likely N-dealkylation sites (tertiary alicyclic amines) is 1.